The van der Waals surface area contributed by atoms with Crippen LogP contribution in [0.1, 0.15) is 19.4 Å². The predicted molar refractivity (Wildman–Crippen MR) is 102 cm³/mol. The number of benzene rings is 2. The van der Waals surface area contributed by atoms with E-state index in [4.69, 9.17) is 4.98 Å². The number of aryl methyl sites for hydroxylation is 1. The molecule has 3 aromatic rings. The molecule has 0 amide bonds. The molecule has 0 aliphatic carbocycles. The fourth-order valence-electron chi connectivity index (χ4n) is 2.73. The van der Waals surface area contributed by atoms with Gasteiger partial charge >= 0.3 is 0 Å². The van der Waals surface area contributed by atoms with Crippen molar-refractivity contribution >= 4 is 59.6 Å². The molecular weight excluding hydrogens is 422 g/mol. The van der Waals surface area contributed by atoms with E-state index in [2.05, 4.69) is 55.6 Å². The van der Waals surface area contributed by atoms with Crippen molar-refractivity contribution < 1.29 is 5.11 Å². The first-order valence-electron chi connectivity index (χ1n) is 7.50. The van der Waals surface area contributed by atoms with Gasteiger partial charge in [-0.05, 0) is 76.4 Å². The van der Waals surface area contributed by atoms with Gasteiger partial charge in [0.1, 0.15) is 22.3 Å². The third kappa shape index (κ3) is 2.68. The molecular formula is C17H17Br2N3O. The number of halogens is 2. The molecule has 0 unspecified atom stereocenters. The molecule has 23 heavy (non-hydrogen) atoms. The first-order valence-corrected chi connectivity index (χ1v) is 9.09. The molecule has 120 valence electrons. The van der Waals surface area contributed by atoms with Gasteiger partial charge in [-0.1, -0.05) is 0 Å². The van der Waals surface area contributed by atoms with Crippen LogP contribution in [0, 0.1) is 6.92 Å². The molecule has 1 aromatic heterocycles. The van der Waals surface area contributed by atoms with Crippen molar-refractivity contribution in [2.24, 2.45) is 0 Å². The lowest BCUT2D eigenvalue weighted by Crippen LogP contribution is -2.22. The number of hydrogen-bond acceptors (Lipinski definition) is 4. The highest BCUT2D eigenvalue weighted by Gasteiger charge is 2.16. The molecule has 0 atom stereocenters. The molecule has 0 saturated heterocycles. The van der Waals surface area contributed by atoms with Crippen LogP contribution in [0.25, 0.3) is 22.1 Å². The van der Waals surface area contributed by atoms with E-state index in [0.717, 1.165) is 44.3 Å². The number of aromatic nitrogens is 2. The van der Waals surface area contributed by atoms with Crippen LogP contribution in [0.5, 0.6) is 5.75 Å². The van der Waals surface area contributed by atoms with Crippen molar-refractivity contribution in [2.45, 2.75) is 20.8 Å². The number of phenolic OH excluding ortho intramolecular Hbond substituents is 1. The minimum Gasteiger partial charge on any atom is -0.505 e. The van der Waals surface area contributed by atoms with Crippen molar-refractivity contribution in [3.8, 4) is 5.75 Å². The molecule has 0 aliphatic heterocycles. The minimum absolute atomic E-state index is 0.182. The van der Waals surface area contributed by atoms with E-state index < -0.39 is 0 Å². The van der Waals surface area contributed by atoms with Gasteiger partial charge in [0.25, 0.3) is 0 Å². The Kier molecular flexibility index (Phi) is 4.47. The Morgan fingerprint density at radius 1 is 1.04 bits per heavy atom. The Balaban J connectivity index is 2.36. The third-order valence-corrected chi connectivity index (χ3v) is 5.41. The van der Waals surface area contributed by atoms with Gasteiger partial charge in [-0.3, -0.25) is 0 Å². The summed E-state index contributed by atoms with van der Waals surface area (Å²) in [5.41, 5.74) is 4.62. The Labute approximate surface area is 151 Å². The summed E-state index contributed by atoms with van der Waals surface area (Å²) >= 11 is 7.21. The molecule has 0 aliphatic rings. The monoisotopic (exact) mass is 437 g/mol. The van der Waals surface area contributed by atoms with Gasteiger partial charge in [0.05, 0.1) is 15.7 Å². The Morgan fingerprint density at radius 2 is 1.74 bits per heavy atom. The second kappa shape index (κ2) is 6.24. The predicted octanol–water partition coefficient (Wildman–Crippen LogP) is 5.17. The largest absolute Gasteiger partial charge is 0.505 e. The molecule has 3 rings (SSSR count). The lowest BCUT2D eigenvalue weighted by molar-refractivity contribution is 0.476. The maximum atomic E-state index is 10.3. The van der Waals surface area contributed by atoms with Crippen LogP contribution < -0.4 is 4.90 Å². The smallest absolute Gasteiger partial charge is 0.146 e. The van der Waals surface area contributed by atoms with Gasteiger partial charge < -0.3 is 10.0 Å². The topological polar surface area (TPSA) is 49.2 Å². The number of nitrogens with zero attached hydrogens (tertiary/aromatic N) is 3. The summed E-state index contributed by atoms with van der Waals surface area (Å²) in [6.45, 7) is 7.95. The molecule has 0 saturated carbocycles. The standard InChI is InChI=1S/C17H17Br2N3O/c1-4-22(5-2)12-7-6-11-15(13(12)19)21-14-10(18)8-9(3)17(23)16(14)20-11/h6-8,23H,4-5H2,1-3H3. The van der Waals surface area contributed by atoms with E-state index in [1.165, 1.54) is 0 Å². The summed E-state index contributed by atoms with van der Waals surface area (Å²) < 4.78 is 1.76. The van der Waals surface area contributed by atoms with Crippen LogP contribution in [-0.4, -0.2) is 28.2 Å². The normalized spacial score (nSPS) is 11.3. The molecule has 0 spiro atoms. The SMILES string of the molecule is CCN(CC)c1ccc2nc3c(O)c(C)cc(Br)c3nc2c1Br. The summed E-state index contributed by atoms with van der Waals surface area (Å²) in [6, 6.07) is 5.86. The van der Waals surface area contributed by atoms with E-state index in [1.54, 1.807) is 0 Å². The zero-order valence-corrected chi connectivity index (χ0v) is 16.4. The minimum atomic E-state index is 0.182. The maximum absolute atomic E-state index is 10.3. The lowest BCUT2D eigenvalue weighted by Gasteiger charge is -2.23. The first-order chi connectivity index (χ1) is 11.0. The Bertz CT molecular complexity index is 908. The zero-order valence-electron chi connectivity index (χ0n) is 13.2. The fourth-order valence-corrected chi connectivity index (χ4v) is 4.03. The van der Waals surface area contributed by atoms with E-state index in [0.29, 0.717) is 11.0 Å². The van der Waals surface area contributed by atoms with Gasteiger partial charge in [0, 0.05) is 17.6 Å². The highest BCUT2D eigenvalue weighted by atomic mass is 79.9. The highest BCUT2D eigenvalue weighted by molar-refractivity contribution is 9.11. The van der Waals surface area contributed by atoms with E-state index >= 15 is 0 Å². The summed E-state index contributed by atoms with van der Waals surface area (Å²) in [7, 11) is 0. The van der Waals surface area contributed by atoms with Gasteiger partial charge in [0.15, 0.2) is 0 Å². The molecule has 0 fully saturated rings. The summed E-state index contributed by atoms with van der Waals surface area (Å²) in [5.74, 6) is 0.182. The van der Waals surface area contributed by atoms with Crippen molar-refractivity contribution in [1.29, 1.82) is 0 Å². The Morgan fingerprint density at radius 3 is 2.39 bits per heavy atom. The second-order valence-corrected chi connectivity index (χ2v) is 7.03. The molecule has 1 N–H and O–H groups in total. The zero-order chi connectivity index (χ0) is 16.7. The molecule has 4 nitrogen and oxygen atoms in total. The average Bonchev–Trinajstić information content (AvgIpc) is 2.55. The summed E-state index contributed by atoms with van der Waals surface area (Å²) in [6.07, 6.45) is 0. The summed E-state index contributed by atoms with van der Waals surface area (Å²) in [5, 5.41) is 10.3. The first kappa shape index (κ1) is 16.5. The number of fused-ring (bicyclic) bond motifs is 2. The van der Waals surface area contributed by atoms with E-state index in [-0.39, 0.29) is 5.75 Å². The molecule has 0 bridgehead atoms. The van der Waals surface area contributed by atoms with Crippen molar-refractivity contribution in [2.75, 3.05) is 18.0 Å². The van der Waals surface area contributed by atoms with Crippen molar-refractivity contribution in [3.05, 3.63) is 32.7 Å². The second-order valence-electron chi connectivity index (χ2n) is 5.38. The maximum Gasteiger partial charge on any atom is 0.146 e. The number of phenols is 1. The van der Waals surface area contributed by atoms with Crippen LogP contribution >= 0.6 is 31.9 Å². The van der Waals surface area contributed by atoms with Gasteiger partial charge in [-0.15, -0.1) is 0 Å². The quantitative estimate of drug-likeness (QED) is 0.573. The van der Waals surface area contributed by atoms with Crippen molar-refractivity contribution in [1.82, 2.24) is 9.97 Å². The number of hydrogen-bond donors (Lipinski definition) is 1. The molecule has 0 radical (unpaired) electrons. The number of rotatable bonds is 3. The van der Waals surface area contributed by atoms with Crippen LogP contribution in [-0.2, 0) is 0 Å². The van der Waals surface area contributed by atoms with Gasteiger partial charge in [0.2, 0.25) is 0 Å². The molecule has 6 heteroatoms. The highest BCUT2D eigenvalue weighted by Crippen LogP contribution is 2.37. The number of aromatic hydroxyl groups is 1. The number of anilines is 1. The third-order valence-electron chi connectivity index (χ3n) is 4.03. The van der Waals surface area contributed by atoms with Crippen LogP contribution in [0.15, 0.2) is 27.1 Å². The van der Waals surface area contributed by atoms with Crippen LogP contribution in [0.3, 0.4) is 0 Å². The fraction of sp³-hybridized carbons (Fsp3) is 0.294. The summed E-state index contributed by atoms with van der Waals surface area (Å²) in [4.78, 5) is 11.6. The average molecular weight is 439 g/mol. The van der Waals surface area contributed by atoms with E-state index in [9.17, 15) is 5.11 Å². The van der Waals surface area contributed by atoms with Crippen LogP contribution in [0.2, 0.25) is 0 Å². The van der Waals surface area contributed by atoms with Crippen LogP contribution in [0.4, 0.5) is 5.69 Å². The van der Waals surface area contributed by atoms with E-state index in [1.807, 2.05) is 25.1 Å². The van der Waals surface area contributed by atoms with Crippen molar-refractivity contribution in [3.63, 3.8) is 0 Å². The molecule has 1 heterocycles. The molecule has 2 aromatic carbocycles. The van der Waals surface area contributed by atoms with Gasteiger partial charge in [-0.2, -0.15) is 0 Å². The Hall–Kier alpha value is -1.40. The lowest BCUT2D eigenvalue weighted by atomic mass is 10.1. The van der Waals surface area contributed by atoms with Gasteiger partial charge in [-0.25, -0.2) is 9.97 Å².